The van der Waals surface area contributed by atoms with Crippen molar-refractivity contribution in [1.29, 1.82) is 0 Å². The quantitative estimate of drug-likeness (QED) is 0.209. The van der Waals surface area contributed by atoms with E-state index in [4.69, 9.17) is 5.11 Å². The number of unbranched alkanes of at least 4 members (excludes halogenated alkanes) is 11. The zero-order valence-corrected chi connectivity index (χ0v) is 14.0. The maximum absolute atomic E-state index is 11.2. The molecule has 0 aliphatic rings. The van der Waals surface area contributed by atoms with Crippen LogP contribution in [-0.2, 0) is 9.53 Å². The fraction of sp³-hybridized carbons (Fsp3) is 0.833. The molecule has 0 aromatic carbocycles. The molecular formula is C18H34O3. The van der Waals surface area contributed by atoms with Gasteiger partial charge in [0.1, 0.15) is 0 Å². The summed E-state index contributed by atoms with van der Waals surface area (Å²) < 4.78 is 4.51. The minimum Gasteiger partial charge on any atom is -0.435 e. The third-order valence-electron chi connectivity index (χ3n) is 3.78. The van der Waals surface area contributed by atoms with Gasteiger partial charge in [0.05, 0.1) is 0 Å². The molecule has 0 saturated heterocycles. The van der Waals surface area contributed by atoms with Crippen molar-refractivity contribution in [3.63, 3.8) is 0 Å². The second kappa shape index (κ2) is 15.6. The van der Waals surface area contributed by atoms with Crippen molar-refractivity contribution in [3.8, 4) is 0 Å². The molecule has 0 aliphatic carbocycles. The van der Waals surface area contributed by atoms with Crippen LogP contribution in [0.25, 0.3) is 0 Å². The lowest BCUT2D eigenvalue weighted by atomic mass is 10.0. The van der Waals surface area contributed by atoms with Gasteiger partial charge in [-0.25, -0.2) is 4.79 Å². The first kappa shape index (κ1) is 20.2. The molecule has 1 N–H and O–H groups in total. The summed E-state index contributed by atoms with van der Waals surface area (Å²) in [5.41, 5.74) is 0.594. The lowest BCUT2D eigenvalue weighted by molar-refractivity contribution is -0.146. The van der Waals surface area contributed by atoms with Crippen LogP contribution in [0.15, 0.2) is 11.6 Å². The Morgan fingerprint density at radius 2 is 1.38 bits per heavy atom. The van der Waals surface area contributed by atoms with Crippen molar-refractivity contribution in [2.45, 2.75) is 90.9 Å². The number of allylic oxidation sites excluding steroid dienone is 1. The Bertz CT molecular complexity index is 272. The molecule has 0 aromatic heterocycles. The van der Waals surface area contributed by atoms with E-state index in [9.17, 15) is 4.79 Å². The fourth-order valence-corrected chi connectivity index (χ4v) is 2.38. The molecule has 0 atom stereocenters. The molecule has 0 heterocycles. The summed E-state index contributed by atoms with van der Waals surface area (Å²) in [5, 5.41) is 8.49. The van der Waals surface area contributed by atoms with E-state index in [1.807, 2.05) is 6.08 Å². The summed E-state index contributed by atoms with van der Waals surface area (Å²) in [7, 11) is 0. The van der Waals surface area contributed by atoms with Crippen LogP contribution in [0.2, 0.25) is 0 Å². The molecule has 0 aromatic rings. The number of hydrogen-bond donors (Lipinski definition) is 1. The highest BCUT2D eigenvalue weighted by molar-refractivity contribution is 5.87. The number of carbonyl (C=O) groups is 1. The molecule has 0 rings (SSSR count). The highest BCUT2D eigenvalue weighted by atomic mass is 16.6. The molecule has 0 spiro atoms. The van der Waals surface area contributed by atoms with Crippen LogP contribution < -0.4 is 0 Å². The van der Waals surface area contributed by atoms with Crippen molar-refractivity contribution in [2.24, 2.45) is 0 Å². The Morgan fingerprint density at radius 3 is 1.86 bits per heavy atom. The van der Waals surface area contributed by atoms with Crippen molar-refractivity contribution in [2.75, 3.05) is 6.79 Å². The number of aliphatic hydroxyl groups is 1. The van der Waals surface area contributed by atoms with Crippen molar-refractivity contribution >= 4 is 5.97 Å². The highest BCUT2D eigenvalue weighted by Gasteiger charge is 2.03. The molecule has 21 heavy (non-hydrogen) atoms. The van der Waals surface area contributed by atoms with Gasteiger partial charge in [-0.2, -0.15) is 0 Å². The molecule has 3 heteroatoms. The van der Waals surface area contributed by atoms with Crippen LogP contribution in [0, 0.1) is 0 Å². The van der Waals surface area contributed by atoms with Crippen molar-refractivity contribution in [1.82, 2.24) is 0 Å². The van der Waals surface area contributed by atoms with Crippen LogP contribution in [0.3, 0.4) is 0 Å². The predicted octanol–water partition coefficient (Wildman–Crippen LogP) is 5.13. The van der Waals surface area contributed by atoms with E-state index in [2.05, 4.69) is 11.7 Å². The summed E-state index contributed by atoms with van der Waals surface area (Å²) in [6, 6.07) is 0. The smallest absolute Gasteiger partial charge is 0.335 e. The number of rotatable bonds is 14. The van der Waals surface area contributed by atoms with Crippen LogP contribution in [0.5, 0.6) is 0 Å². The monoisotopic (exact) mass is 298 g/mol. The molecular weight excluding hydrogens is 264 g/mol. The van der Waals surface area contributed by atoms with Crippen LogP contribution in [0.4, 0.5) is 0 Å². The number of esters is 1. The molecule has 124 valence electrons. The minimum absolute atomic E-state index is 0.416. The van der Waals surface area contributed by atoms with Crippen LogP contribution >= 0.6 is 0 Å². The fourth-order valence-electron chi connectivity index (χ4n) is 2.38. The Kier molecular flexibility index (Phi) is 14.9. The Morgan fingerprint density at radius 1 is 0.905 bits per heavy atom. The number of carbonyl (C=O) groups excluding carboxylic acids is 1. The van der Waals surface area contributed by atoms with Gasteiger partial charge < -0.3 is 9.84 Å². The number of ether oxygens (including phenoxy) is 1. The Labute approximate surface area is 130 Å². The number of hydrogen-bond acceptors (Lipinski definition) is 3. The van der Waals surface area contributed by atoms with Gasteiger partial charge in [0.15, 0.2) is 6.79 Å². The molecule has 0 fully saturated rings. The molecule has 0 aliphatic heterocycles. The largest absolute Gasteiger partial charge is 0.435 e. The highest BCUT2D eigenvalue weighted by Crippen LogP contribution is 2.12. The molecule has 3 nitrogen and oxygen atoms in total. The van der Waals surface area contributed by atoms with Gasteiger partial charge in [0.25, 0.3) is 0 Å². The van der Waals surface area contributed by atoms with Crippen molar-refractivity contribution < 1.29 is 14.6 Å². The zero-order chi connectivity index (χ0) is 15.8. The van der Waals surface area contributed by atoms with E-state index >= 15 is 0 Å². The summed E-state index contributed by atoms with van der Waals surface area (Å²) in [5.74, 6) is -0.416. The molecule has 0 radical (unpaired) electrons. The second-order valence-electron chi connectivity index (χ2n) is 5.77. The molecule has 0 amide bonds. The average Bonchev–Trinajstić information content (AvgIpc) is 2.48. The normalized spacial score (nSPS) is 11.7. The topological polar surface area (TPSA) is 46.5 Å². The lowest BCUT2D eigenvalue weighted by Crippen LogP contribution is -2.06. The molecule has 0 bridgehead atoms. The van der Waals surface area contributed by atoms with E-state index < -0.39 is 12.8 Å². The van der Waals surface area contributed by atoms with E-state index in [0.717, 1.165) is 12.8 Å². The Balaban J connectivity index is 3.29. The third-order valence-corrected chi connectivity index (χ3v) is 3.78. The van der Waals surface area contributed by atoms with Gasteiger partial charge in [-0.15, -0.1) is 0 Å². The summed E-state index contributed by atoms with van der Waals surface area (Å²) in [6.45, 7) is 3.45. The maximum atomic E-state index is 11.2. The van der Waals surface area contributed by atoms with E-state index in [0.29, 0.717) is 5.57 Å². The van der Waals surface area contributed by atoms with Gasteiger partial charge in [-0.3, -0.25) is 0 Å². The first-order valence-electron chi connectivity index (χ1n) is 8.67. The molecule has 0 unspecified atom stereocenters. The number of aliphatic hydroxyl groups excluding tert-OH is 1. The predicted molar refractivity (Wildman–Crippen MR) is 88.0 cm³/mol. The van der Waals surface area contributed by atoms with Crippen molar-refractivity contribution in [3.05, 3.63) is 11.6 Å². The van der Waals surface area contributed by atoms with Gasteiger partial charge in [0, 0.05) is 5.57 Å². The SMILES string of the molecule is CCCCCCCCCCCCCC=C(C)C(=O)OCO. The van der Waals surface area contributed by atoms with Gasteiger partial charge in [-0.1, -0.05) is 77.2 Å². The maximum Gasteiger partial charge on any atom is 0.335 e. The first-order valence-corrected chi connectivity index (χ1v) is 8.67. The second-order valence-corrected chi connectivity index (χ2v) is 5.77. The van der Waals surface area contributed by atoms with E-state index in [1.165, 1.54) is 64.2 Å². The van der Waals surface area contributed by atoms with Crippen LogP contribution in [0.1, 0.15) is 90.9 Å². The van der Waals surface area contributed by atoms with Gasteiger partial charge in [-0.05, 0) is 19.8 Å². The summed E-state index contributed by atoms with van der Waals surface area (Å²) in [4.78, 5) is 11.2. The van der Waals surface area contributed by atoms with E-state index in [1.54, 1.807) is 6.92 Å². The van der Waals surface area contributed by atoms with Gasteiger partial charge in [0.2, 0.25) is 0 Å². The summed E-state index contributed by atoms with van der Waals surface area (Å²) in [6.07, 6.45) is 17.5. The minimum atomic E-state index is -0.539. The zero-order valence-electron chi connectivity index (χ0n) is 14.0. The first-order chi connectivity index (χ1) is 10.2. The Hall–Kier alpha value is -0.830. The molecule has 0 saturated carbocycles. The van der Waals surface area contributed by atoms with Gasteiger partial charge >= 0.3 is 5.97 Å². The summed E-state index contributed by atoms with van der Waals surface area (Å²) >= 11 is 0. The lowest BCUT2D eigenvalue weighted by Gasteiger charge is -2.02. The standard InChI is InChI=1S/C18H34O3/c1-3-4-5-6-7-8-9-10-11-12-13-14-15-17(2)18(20)21-16-19/h15,19H,3-14,16H2,1-2H3. The third kappa shape index (κ3) is 13.9. The average molecular weight is 298 g/mol. The van der Waals surface area contributed by atoms with Crippen LogP contribution in [-0.4, -0.2) is 17.9 Å². The van der Waals surface area contributed by atoms with E-state index in [-0.39, 0.29) is 0 Å².